The number of halogens is 2. The smallest absolute Gasteiger partial charge is 0.0716 e. The van der Waals surface area contributed by atoms with E-state index in [1.807, 2.05) is 0 Å². The molecule has 8 aromatic carbocycles. The summed E-state index contributed by atoms with van der Waals surface area (Å²) >= 11 is 2.92. The molecule has 0 aliphatic heterocycles. The Morgan fingerprint density at radius 1 is 0.282 bits per heavy atom. The first-order valence-corrected chi connectivity index (χ1v) is 42.4. The molecule has 4 heteroatoms. The predicted molar refractivity (Wildman–Crippen MR) is 467 cm³/mol. The Kier molecular flexibility index (Phi) is 31.9. The van der Waals surface area contributed by atoms with Gasteiger partial charge in [0.05, 0.1) is 0 Å². The second-order valence-electron chi connectivity index (χ2n) is 41.5. The molecular weight excluding hydrogens is 1530 g/mol. The van der Waals surface area contributed by atoms with Crippen molar-refractivity contribution in [2.75, 3.05) is 0 Å². The summed E-state index contributed by atoms with van der Waals surface area (Å²) in [5, 5.41) is 0. The monoisotopic (exact) mass is 1660 g/mol. The van der Waals surface area contributed by atoms with E-state index in [4.69, 9.17) is 0 Å². The Balaban J connectivity index is 0.000000240. The molecule has 0 N–H and O–H groups in total. The van der Waals surface area contributed by atoms with Gasteiger partial charge in [-0.1, -0.05) is 223 Å². The summed E-state index contributed by atoms with van der Waals surface area (Å²) in [5.41, 5.74) is 35.4. The second kappa shape index (κ2) is 36.7. The minimum absolute atomic E-state index is 0. The standard InChI is InChI=1S/2C21H25.2C21H26.2C11H17.2ClH.2Zr/c2*1-20(2,3)16-7-9-18-14(12-16)11-15-13-17(21(4,5)6)8-10-19(15)18;2*1-20(2,3)18-11-7-16(8-12-18)15-17-9-13-19(14-10-17)21(4,5)6;2*1-8-6-9(2)10(7-8)11(3,4)5;;;;/h2*7-10,12H,11H2,1-6H3;2*7-14H,1-6H3;2*7-8H,1-5H3;2*1H;;/q2*-1;;;2*-1;;;2*+2/p-2. The molecule has 0 heterocycles. The minimum Gasteiger partial charge on any atom is -1.00 e. The van der Waals surface area contributed by atoms with E-state index in [1.165, 1.54) is 188 Å². The van der Waals surface area contributed by atoms with Crippen molar-refractivity contribution in [2.24, 2.45) is 22.7 Å². The van der Waals surface area contributed by atoms with Crippen LogP contribution in [0.25, 0.3) is 22.3 Å². The summed E-state index contributed by atoms with van der Waals surface area (Å²) in [6.07, 6.45) is 13.5. The number of hydrogen-bond donors (Lipinski definition) is 0. The molecule has 0 aromatic heterocycles. The van der Waals surface area contributed by atoms with Crippen molar-refractivity contribution in [3.63, 3.8) is 0 Å². The zero-order valence-corrected chi connectivity index (χ0v) is 80.9. The van der Waals surface area contributed by atoms with Crippen LogP contribution < -0.4 is 24.8 Å². The minimum atomic E-state index is 0. The third-order valence-corrected chi connectivity index (χ3v) is 24.1. The fourth-order valence-electron chi connectivity index (χ4n) is 14.2. The maximum atomic E-state index is 3.67. The van der Waals surface area contributed by atoms with Gasteiger partial charge in [0, 0.05) is 0 Å². The number of fused-ring (bicyclic) bond motifs is 6. The Morgan fingerprint density at radius 3 is 0.682 bits per heavy atom. The fraction of sp³-hybridized carbons (Fsp3) is 0.453. The molecule has 110 heavy (non-hydrogen) atoms. The van der Waals surface area contributed by atoms with Gasteiger partial charge in [0.2, 0.25) is 0 Å². The van der Waals surface area contributed by atoms with Crippen molar-refractivity contribution in [1.82, 2.24) is 0 Å². The van der Waals surface area contributed by atoms with Gasteiger partial charge in [-0.2, -0.15) is 70.8 Å². The van der Waals surface area contributed by atoms with Gasteiger partial charge in [-0.3, -0.25) is 12.2 Å². The van der Waals surface area contributed by atoms with Gasteiger partial charge in [-0.25, -0.2) is 11.1 Å². The molecule has 0 fully saturated rings. The Bertz CT molecular complexity index is 4060. The molecule has 4 aliphatic rings. The van der Waals surface area contributed by atoms with Crippen molar-refractivity contribution in [3.05, 3.63) is 305 Å². The molecule has 2 unspecified atom stereocenters. The van der Waals surface area contributed by atoms with E-state index in [9.17, 15) is 0 Å². The van der Waals surface area contributed by atoms with E-state index in [1.54, 1.807) is 0 Å². The predicted octanol–water partition coefficient (Wildman–Crippen LogP) is 22.8. The van der Waals surface area contributed by atoms with E-state index in [0.717, 1.165) is 12.8 Å². The third-order valence-electron chi connectivity index (χ3n) is 21.2. The van der Waals surface area contributed by atoms with E-state index >= 15 is 0 Å². The van der Waals surface area contributed by atoms with Gasteiger partial charge >= 0.3 is 301 Å². The summed E-state index contributed by atoms with van der Waals surface area (Å²) in [6.45, 7) is 76.5. The average molecular weight is 1660 g/mol. The zero-order chi connectivity index (χ0) is 81.2. The van der Waals surface area contributed by atoms with Crippen molar-refractivity contribution in [3.8, 4) is 22.3 Å². The molecule has 0 radical (unpaired) electrons. The average Bonchev–Trinajstić information content (AvgIpc) is 1.62. The van der Waals surface area contributed by atoms with E-state index < -0.39 is 0 Å². The van der Waals surface area contributed by atoms with E-state index in [0.29, 0.717) is 22.7 Å². The van der Waals surface area contributed by atoms with Gasteiger partial charge in [-0.05, 0) is 56.8 Å². The van der Waals surface area contributed by atoms with Crippen LogP contribution in [0.1, 0.15) is 324 Å². The zero-order valence-electron chi connectivity index (χ0n) is 74.5. The van der Waals surface area contributed by atoms with Crippen LogP contribution in [0.5, 0.6) is 0 Å². The van der Waals surface area contributed by atoms with Crippen molar-refractivity contribution in [2.45, 2.75) is 292 Å². The maximum Gasteiger partial charge on any atom is -0.0716 e. The maximum absolute atomic E-state index is 3.67. The van der Waals surface area contributed by atoms with Crippen LogP contribution in [0.2, 0.25) is 0 Å². The normalized spacial score (nSPS) is 15.3. The largest absolute Gasteiger partial charge is 1.00 e. The van der Waals surface area contributed by atoms with Crippen molar-refractivity contribution in [1.29, 1.82) is 0 Å². The summed E-state index contributed by atoms with van der Waals surface area (Å²) < 4.78 is 2.85. The van der Waals surface area contributed by atoms with Crippen LogP contribution in [-0.4, -0.2) is 6.41 Å². The molecule has 0 spiro atoms. The van der Waals surface area contributed by atoms with Gasteiger partial charge in [-0.15, -0.1) is 22.3 Å². The Hall–Kier alpha value is -5.19. The Labute approximate surface area is 715 Å². The SMILES string of the molecule is CC(C)(C)c1[c-]c2c(cc1)-c1ccc(C(C)(C)C)cc1C2.CC(C)(C)c1[c-]c2c(cc1)-c1ccc(C(C)(C)C)cc1C2.CC(C)(C)c1ccc([C](=[Zr+2])c2ccc(C(C)(C)C)cc2)cc1.CC(C)(C)c1ccc([C](=[Zr+2])c2ccc(C(C)(C)C)cc2)cc1.CC1=[C-]C(C)C=C1C(C)(C)C.CC1=[C-]C(C)C=C1C(C)(C)C.[Cl-].[Cl-]. The number of benzene rings is 8. The van der Waals surface area contributed by atoms with Gasteiger partial charge in [0.15, 0.2) is 0 Å². The van der Waals surface area contributed by atoms with Crippen LogP contribution in [0, 0.1) is 47.0 Å². The van der Waals surface area contributed by atoms with Crippen LogP contribution in [0.3, 0.4) is 0 Å². The molecule has 4 aliphatic carbocycles. The van der Waals surface area contributed by atoms with E-state index in [-0.39, 0.29) is 68.1 Å². The van der Waals surface area contributed by atoms with E-state index in [2.05, 4.69) is 430 Å². The van der Waals surface area contributed by atoms with Gasteiger partial charge in [0.25, 0.3) is 0 Å². The molecular formula is C106H136Cl2Zr2-2. The first-order chi connectivity index (χ1) is 49.3. The second-order valence-corrected chi connectivity index (χ2v) is 43.9. The topological polar surface area (TPSA) is 0 Å². The molecule has 12 rings (SSSR count). The summed E-state index contributed by atoms with van der Waals surface area (Å²) in [6, 6.07) is 66.6. The molecule has 0 nitrogen and oxygen atoms in total. The van der Waals surface area contributed by atoms with Gasteiger partial charge in [0.1, 0.15) is 0 Å². The van der Waals surface area contributed by atoms with Crippen molar-refractivity contribution < 1.29 is 73.3 Å². The first-order valence-electron chi connectivity index (χ1n) is 40.0. The molecule has 584 valence electrons. The molecule has 0 saturated carbocycles. The molecule has 2 atom stereocenters. The summed E-state index contributed by atoms with van der Waals surface area (Å²) in [5.74, 6) is 1.04. The number of allylic oxidation sites excluding steroid dienone is 8. The quantitative estimate of drug-likeness (QED) is 0.154. The molecule has 0 bridgehead atoms. The number of rotatable bonds is 4. The first kappa shape index (κ1) is 95.4. The summed E-state index contributed by atoms with van der Waals surface area (Å²) in [4.78, 5) is 0. The fourth-order valence-corrected chi connectivity index (χ4v) is 15.9. The van der Waals surface area contributed by atoms with Crippen LogP contribution in [0.15, 0.2) is 192 Å². The Morgan fingerprint density at radius 2 is 0.500 bits per heavy atom. The van der Waals surface area contributed by atoms with Crippen LogP contribution in [0.4, 0.5) is 0 Å². The van der Waals surface area contributed by atoms with Gasteiger partial charge < -0.3 is 24.8 Å². The molecule has 0 saturated heterocycles. The number of hydrogen-bond acceptors (Lipinski definition) is 0. The van der Waals surface area contributed by atoms with Crippen molar-refractivity contribution >= 4 is 6.41 Å². The molecule has 8 aromatic rings. The van der Waals surface area contributed by atoms with Crippen LogP contribution >= 0.6 is 0 Å². The molecule has 0 amide bonds. The van der Waals surface area contributed by atoms with Crippen LogP contribution in [-0.2, 0) is 105 Å². The third kappa shape index (κ3) is 25.9. The summed E-state index contributed by atoms with van der Waals surface area (Å²) in [7, 11) is 0.